The molecule has 1 aliphatic carbocycles. The molecule has 0 fully saturated rings. The molecule has 4 nitrogen and oxygen atoms in total. The van der Waals surface area contributed by atoms with Gasteiger partial charge in [-0.3, -0.25) is 4.79 Å². The molecule has 108 valence electrons. The van der Waals surface area contributed by atoms with Crippen LogP contribution in [0.5, 0.6) is 5.75 Å². The van der Waals surface area contributed by atoms with E-state index >= 15 is 0 Å². The minimum Gasteiger partial charge on any atom is -0.496 e. The SMILES string of the molecule is CCOC(=O)C(=O)c1c(OC)cc(C)c2c1CCCC2. The minimum atomic E-state index is -0.803. The van der Waals surface area contributed by atoms with Crippen LogP contribution in [-0.2, 0) is 22.4 Å². The molecule has 4 heteroatoms. The Balaban J connectivity index is 2.55. The lowest BCUT2D eigenvalue weighted by atomic mass is 9.83. The van der Waals surface area contributed by atoms with Gasteiger partial charge in [0.05, 0.1) is 19.3 Å². The maximum Gasteiger partial charge on any atom is 0.379 e. The van der Waals surface area contributed by atoms with E-state index in [9.17, 15) is 9.59 Å². The van der Waals surface area contributed by atoms with Crippen molar-refractivity contribution in [2.75, 3.05) is 13.7 Å². The molecule has 1 aliphatic rings. The lowest BCUT2D eigenvalue weighted by Crippen LogP contribution is -2.22. The van der Waals surface area contributed by atoms with Crippen LogP contribution in [-0.4, -0.2) is 25.5 Å². The first kappa shape index (κ1) is 14.6. The summed E-state index contributed by atoms with van der Waals surface area (Å²) < 4.78 is 10.1. The number of carbonyl (C=O) groups is 2. The molecule has 0 atom stereocenters. The van der Waals surface area contributed by atoms with E-state index in [0.29, 0.717) is 11.3 Å². The van der Waals surface area contributed by atoms with E-state index in [1.165, 1.54) is 12.7 Å². The topological polar surface area (TPSA) is 52.6 Å². The highest BCUT2D eigenvalue weighted by molar-refractivity contribution is 6.41. The number of aryl methyl sites for hydroxylation is 1. The standard InChI is InChI=1S/C16H20O4/c1-4-20-16(18)15(17)14-12-8-6-5-7-11(12)10(2)9-13(14)19-3/h9H,4-8H2,1-3H3. The summed E-state index contributed by atoms with van der Waals surface area (Å²) in [4.78, 5) is 24.1. The highest BCUT2D eigenvalue weighted by Gasteiger charge is 2.28. The smallest absolute Gasteiger partial charge is 0.379 e. The number of benzene rings is 1. The molecule has 0 unspecified atom stereocenters. The molecule has 2 rings (SSSR count). The van der Waals surface area contributed by atoms with Gasteiger partial charge in [0.2, 0.25) is 0 Å². The van der Waals surface area contributed by atoms with Crippen molar-refractivity contribution in [1.29, 1.82) is 0 Å². The van der Waals surface area contributed by atoms with Crippen LogP contribution in [0.2, 0.25) is 0 Å². The third-order valence-corrected chi connectivity index (χ3v) is 3.75. The predicted molar refractivity (Wildman–Crippen MR) is 75.3 cm³/mol. The number of rotatable bonds is 4. The quantitative estimate of drug-likeness (QED) is 0.482. The van der Waals surface area contributed by atoms with E-state index in [1.54, 1.807) is 6.92 Å². The van der Waals surface area contributed by atoms with Gasteiger partial charge in [0.15, 0.2) is 0 Å². The van der Waals surface area contributed by atoms with Crippen LogP contribution in [0.3, 0.4) is 0 Å². The van der Waals surface area contributed by atoms with Gasteiger partial charge in [0.1, 0.15) is 5.75 Å². The van der Waals surface area contributed by atoms with Gasteiger partial charge < -0.3 is 9.47 Å². The fourth-order valence-electron chi connectivity index (χ4n) is 2.83. The van der Waals surface area contributed by atoms with E-state index in [4.69, 9.17) is 9.47 Å². The molecular weight excluding hydrogens is 256 g/mol. The molecule has 0 aromatic heterocycles. The molecule has 0 N–H and O–H groups in total. The molecule has 0 aliphatic heterocycles. The molecule has 0 saturated heterocycles. The van der Waals surface area contributed by atoms with Crippen molar-refractivity contribution in [3.8, 4) is 5.75 Å². The Hall–Kier alpha value is -1.84. The lowest BCUT2D eigenvalue weighted by Gasteiger charge is -2.22. The van der Waals surface area contributed by atoms with E-state index in [2.05, 4.69) is 0 Å². The van der Waals surface area contributed by atoms with Gasteiger partial charge in [0.25, 0.3) is 5.78 Å². The maximum absolute atomic E-state index is 12.3. The van der Waals surface area contributed by atoms with Gasteiger partial charge in [-0.25, -0.2) is 4.79 Å². The maximum atomic E-state index is 12.3. The summed E-state index contributed by atoms with van der Waals surface area (Å²) in [6, 6.07) is 1.84. The van der Waals surface area contributed by atoms with Crippen LogP contribution in [0, 0.1) is 6.92 Å². The van der Waals surface area contributed by atoms with Crippen molar-refractivity contribution in [2.24, 2.45) is 0 Å². The number of Topliss-reactive ketones (excluding diaryl/α,β-unsaturated/α-hetero) is 1. The van der Waals surface area contributed by atoms with E-state index in [1.807, 2.05) is 13.0 Å². The molecule has 1 aromatic rings. The van der Waals surface area contributed by atoms with Crippen LogP contribution in [0.1, 0.15) is 46.8 Å². The second-order valence-corrected chi connectivity index (χ2v) is 4.98. The van der Waals surface area contributed by atoms with Gasteiger partial charge in [0, 0.05) is 0 Å². The summed E-state index contributed by atoms with van der Waals surface area (Å²) in [7, 11) is 1.52. The summed E-state index contributed by atoms with van der Waals surface area (Å²) in [5.74, 6) is -0.925. The number of hydrogen-bond acceptors (Lipinski definition) is 4. The molecule has 1 aromatic carbocycles. The predicted octanol–water partition coefficient (Wildman–Crippen LogP) is 2.63. The Labute approximate surface area is 119 Å². The monoisotopic (exact) mass is 276 g/mol. The Bertz CT molecular complexity index is 546. The molecule has 0 heterocycles. The molecule has 0 radical (unpaired) electrons. The Morgan fingerprint density at radius 1 is 1.20 bits per heavy atom. The lowest BCUT2D eigenvalue weighted by molar-refractivity contribution is -0.137. The van der Waals surface area contributed by atoms with Crippen LogP contribution in [0.4, 0.5) is 0 Å². The normalized spacial score (nSPS) is 13.6. The fraction of sp³-hybridized carbons (Fsp3) is 0.500. The molecule has 20 heavy (non-hydrogen) atoms. The van der Waals surface area contributed by atoms with E-state index < -0.39 is 11.8 Å². The van der Waals surface area contributed by atoms with Gasteiger partial charge in [-0.2, -0.15) is 0 Å². The van der Waals surface area contributed by atoms with Crippen molar-refractivity contribution < 1.29 is 19.1 Å². The van der Waals surface area contributed by atoms with Crippen molar-refractivity contribution in [1.82, 2.24) is 0 Å². The number of fused-ring (bicyclic) bond motifs is 1. The van der Waals surface area contributed by atoms with Crippen molar-refractivity contribution in [3.63, 3.8) is 0 Å². The van der Waals surface area contributed by atoms with Crippen LogP contribution in [0.15, 0.2) is 6.07 Å². The van der Waals surface area contributed by atoms with Crippen molar-refractivity contribution >= 4 is 11.8 Å². The highest BCUT2D eigenvalue weighted by atomic mass is 16.5. The fourth-order valence-corrected chi connectivity index (χ4v) is 2.83. The third-order valence-electron chi connectivity index (χ3n) is 3.75. The zero-order chi connectivity index (χ0) is 14.7. The van der Waals surface area contributed by atoms with Crippen LogP contribution in [0.25, 0.3) is 0 Å². The molecular formula is C16H20O4. The number of ketones is 1. The zero-order valence-electron chi connectivity index (χ0n) is 12.2. The summed E-state index contributed by atoms with van der Waals surface area (Å²) in [5, 5.41) is 0. The third kappa shape index (κ3) is 2.55. The van der Waals surface area contributed by atoms with Gasteiger partial charge >= 0.3 is 5.97 Å². The van der Waals surface area contributed by atoms with Crippen molar-refractivity contribution in [3.05, 3.63) is 28.3 Å². The average molecular weight is 276 g/mol. The summed E-state index contributed by atoms with van der Waals surface area (Å²) in [6.07, 6.45) is 3.91. The summed E-state index contributed by atoms with van der Waals surface area (Å²) in [6.45, 7) is 3.90. The Morgan fingerprint density at radius 3 is 2.45 bits per heavy atom. The largest absolute Gasteiger partial charge is 0.496 e. The summed E-state index contributed by atoms with van der Waals surface area (Å²) >= 11 is 0. The van der Waals surface area contributed by atoms with Gasteiger partial charge in [-0.05, 0) is 62.3 Å². The van der Waals surface area contributed by atoms with Gasteiger partial charge in [-0.1, -0.05) is 0 Å². The Morgan fingerprint density at radius 2 is 1.85 bits per heavy atom. The van der Waals surface area contributed by atoms with Crippen LogP contribution >= 0.6 is 0 Å². The first-order valence-corrected chi connectivity index (χ1v) is 7.00. The number of methoxy groups -OCH3 is 1. The number of hydrogen-bond donors (Lipinski definition) is 0. The first-order chi connectivity index (χ1) is 9.60. The molecule has 0 bridgehead atoms. The van der Waals surface area contributed by atoms with E-state index in [0.717, 1.165) is 36.8 Å². The molecule has 0 saturated carbocycles. The summed E-state index contributed by atoms with van der Waals surface area (Å²) in [5.41, 5.74) is 3.67. The average Bonchev–Trinajstić information content (AvgIpc) is 2.46. The van der Waals surface area contributed by atoms with Crippen LogP contribution < -0.4 is 4.74 Å². The molecule has 0 amide bonds. The highest BCUT2D eigenvalue weighted by Crippen LogP contribution is 2.34. The first-order valence-electron chi connectivity index (χ1n) is 7.00. The van der Waals surface area contributed by atoms with E-state index in [-0.39, 0.29) is 6.61 Å². The number of ether oxygens (including phenoxy) is 2. The van der Waals surface area contributed by atoms with Gasteiger partial charge in [-0.15, -0.1) is 0 Å². The zero-order valence-corrected chi connectivity index (χ0v) is 12.2. The number of carbonyl (C=O) groups excluding carboxylic acids is 2. The number of esters is 1. The van der Waals surface area contributed by atoms with Crippen molar-refractivity contribution in [2.45, 2.75) is 39.5 Å². The second kappa shape index (κ2) is 6.07. The second-order valence-electron chi connectivity index (χ2n) is 4.98. The minimum absolute atomic E-state index is 0.195. The Kier molecular flexibility index (Phi) is 4.42. The molecule has 0 spiro atoms.